The fourth-order valence-electron chi connectivity index (χ4n) is 1.48. The molecular formula is C14H24N2O2. The van der Waals surface area contributed by atoms with Crippen LogP contribution in [-0.4, -0.2) is 30.8 Å². The summed E-state index contributed by atoms with van der Waals surface area (Å²) in [7, 11) is 0. The van der Waals surface area contributed by atoms with E-state index < -0.39 is 0 Å². The number of aromatic nitrogens is 1. The molecule has 102 valence electrons. The van der Waals surface area contributed by atoms with Crippen molar-refractivity contribution in [1.82, 2.24) is 10.3 Å². The average Bonchev–Trinajstić information content (AvgIpc) is 2.36. The highest BCUT2D eigenvalue weighted by Crippen LogP contribution is 2.01. The Morgan fingerprint density at radius 2 is 2.00 bits per heavy atom. The average molecular weight is 252 g/mol. The summed E-state index contributed by atoms with van der Waals surface area (Å²) in [6, 6.07) is 6.02. The molecule has 0 saturated heterocycles. The van der Waals surface area contributed by atoms with Crippen LogP contribution in [-0.2, 0) is 22.6 Å². The standard InChI is InChI=1S/C14H24N2O2/c1-4-15-10-13-6-5-7-14(16-13)11-17-8-9-18-12(2)3/h5-7,12,15H,4,8-11H2,1-3H3. The number of hydrogen-bond donors (Lipinski definition) is 1. The highest BCUT2D eigenvalue weighted by molar-refractivity contribution is 5.10. The van der Waals surface area contributed by atoms with Gasteiger partial charge in [-0.2, -0.15) is 0 Å². The van der Waals surface area contributed by atoms with Crippen LogP contribution in [0.15, 0.2) is 18.2 Å². The van der Waals surface area contributed by atoms with Crippen molar-refractivity contribution in [1.29, 1.82) is 0 Å². The Labute approximate surface area is 110 Å². The summed E-state index contributed by atoms with van der Waals surface area (Å²) in [4.78, 5) is 4.51. The maximum Gasteiger partial charge on any atom is 0.0889 e. The quantitative estimate of drug-likeness (QED) is 0.684. The van der Waals surface area contributed by atoms with Gasteiger partial charge in [-0.15, -0.1) is 0 Å². The van der Waals surface area contributed by atoms with E-state index in [-0.39, 0.29) is 6.10 Å². The van der Waals surface area contributed by atoms with E-state index in [2.05, 4.69) is 17.2 Å². The molecule has 0 fully saturated rings. The monoisotopic (exact) mass is 252 g/mol. The van der Waals surface area contributed by atoms with Gasteiger partial charge in [-0.1, -0.05) is 13.0 Å². The summed E-state index contributed by atoms with van der Waals surface area (Å²) in [5.41, 5.74) is 2.02. The van der Waals surface area contributed by atoms with Gasteiger partial charge in [0.25, 0.3) is 0 Å². The zero-order chi connectivity index (χ0) is 13.2. The Bertz CT molecular complexity index is 329. The minimum atomic E-state index is 0.259. The van der Waals surface area contributed by atoms with Crippen molar-refractivity contribution in [2.75, 3.05) is 19.8 Å². The first kappa shape index (κ1) is 15.1. The second-order valence-electron chi connectivity index (χ2n) is 4.37. The fraction of sp³-hybridized carbons (Fsp3) is 0.643. The first-order chi connectivity index (χ1) is 8.72. The highest BCUT2D eigenvalue weighted by atomic mass is 16.5. The number of rotatable bonds is 9. The number of nitrogens with one attached hydrogen (secondary N) is 1. The molecule has 0 bridgehead atoms. The molecule has 0 aliphatic rings. The van der Waals surface area contributed by atoms with Crippen LogP contribution in [0.3, 0.4) is 0 Å². The van der Waals surface area contributed by atoms with Gasteiger partial charge >= 0.3 is 0 Å². The van der Waals surface area contributed by atoms with Crippen LogP contribution in [0, 0.1) is 0 Å². The molecule has 1 heterocycles. The molecule has 4 heteroatoms. The molecule has 1 aromatic heterocycles. The van der Waals surface area contributed by atoms with Gasteiger partial charge in [0.1, 0.15) is 0 Å². The lowest BCUT2D eigenvalue weighted by Gasteiger charge is -2.08. The minimum Gasteiger partial charge on any atom is -0.376 e. The van der Waals surface area contributed by atoms with Crippen LogP contribution >= 0.6 is 0 Å². The predicted octanol–water partition coefficient (Wildman–Crippen LogP) is 2.13. The van der Waals surface area contributed by atoms with Crippen molar-refractivity contribution in [2.45, 2.75) is 40.0 Å². The van der Waals surface area contributed by atoms with E-state index in [9.17, 15) is 0 Å². The summed E-state index contributed by atoms with van der Waals surface area (Å²) < 4.78 is 10.9. The van der Waals surface area contributed by atoms with Gasteiger partial charge in [0.15, 0.2) is 0 Å². The molecule has 0 aliphatic heterocycles. The Balaban J connectivity index is 2.24. The van der Waals surface area contributed by atoms with E-state index in [1.165, 1.54) is 0 Å². The molecule has 0 amide bonds. The number of nitrogens with zero attached hydrogens (tertiary/aromatic N) is 1. The van der Waals surface area contributed by atoms with Crippen LogP contribution in [0.1, 0.15) is 32.2 Å². The molecular weight excluding hydrogens is 228 g/mol. The van der Waals surface area contributed by atoms with Crippen LogP contribution in [0.4, 0.5) is 0 Å². The van der Waals surface area contributed by atoms with Crippen LogP contribution in [0.25, 0.3) is 0 Å². The van der Waals surface area contributed by atoms with E-state index in [0.29, 0.717) is 19.8 Å². The second-order valence-corrected chi connectivity index (χ2v) is 4.37. The maximum atomic E-state index is 5.52. The maximum absolute atomic E-state index is 5.52. The Hall–Kier alpha value is -0.970. The molecule has 0 unspecified atom stereocenters. The largest absolute Gasteiger partial charge is 0.376 e. The van der Waals surface area contributed by atoms with E-state index >= 15 is 0 Å². The third-order valence-corrected chi connectivity index (χ3v) is 2.35. The molecule has 0 spiro atoms. The topological polar surface area (TPSA) is 43.4 Å². The van der Waals surface area contributed by atoms with Gasteiger partial charge in [0, 0.05) is 6.54 Å². The molecule has 1 aromatic rings. The van der Waals surface area contributed by atoms with Gasteiger partial charge in [0.05, 0.1) is 37.3 Å². The molecule has 18 heavy (non-hydrogen) atoms. The van der Waals surface area contributed by atoms with Crippen LogP contribution in [0.5, 0.6) is 0 Å². The summed E-state index contributed by atoms with van der Waals surface area (Å²) in [5, 5.41) is 3.26. The van der Waals surface area contributed by atoms with E-state index in [1.54, 1.807) is 0 Å². The first-order valence-electron chi connectivity index (χ1n) is 6.57. The Morgan fingerprint density at radius 3 is 2.72 bits per heavy atom. The molecule has 0 aromatic carbocycles. The lowest BCUT2D eigenvalue weighted by Crippen LogP contribution is -2.14. The van der Waals surface area contributed by atoms with Crippen molar-refractivity contribution in [3.63, 3.8) is 0 Å². The van der Waals surface area contributed by atoms with Crippen molar-refractivity contribution in [3.05, 3.63) is 29.6 Å². The van der Waals surface area contributed by atoms with Crippen LogP contribution < -0.4 is 5.32 Å². The van der Waals surface area contributed by atoms with E-state index in [4.69, 9.17) is 9.47 Å². The number of ether oxygens (including phenoxy) is 2. The van der Waals surface area contributed by atoms with Gasteiger partial charge in [-0.3, -0.25) is 4.98 Å². The smallest absolute Gasteiger partial charge is 0.0889 e. The predicted molar refractivity (Wildman–Crippen MR) is 72.4 cm³/mol. The molecule has 1 N–H and O–H groups in total. The summed E-state index contributed by atoms with van der Waals surface area (Å²) in [6.07, 6.45) is 0.259. The summed E-state index contributed by atoms with van der Waals surface area (Å²) >= 11 is 0. The van der Waals surface area contributed by atoms with Gasteiger partial charge in [-0.25, -0.2) is 0 Å². The molecule has 0 aliphatic carbocycles. The number of hydrogen-bond acceptors (Lipinski definition) is 4. The summed E-state index contributed by atoms with van der Waals surface area (Å²) in [6.45, 7) is 9.67. The first-order valence-corrected chi connectivity index (χ1v) is 6.57. The molecule has 0 atom stereocenters. The van der Waals surface area contributed by atoms with Crippen molar-refractivity contribution >= 4 is 0 Å². The zero-order valence-corrected chi connectivity index (χ0v) is 11.6. The van der Waals surface area contributed by atoms with Gasteiger partial charge < -0.3 is 14.8 Å². The third kappa shape index (κ3) is 6.69. The zero-order valence-electron chi connectivity index (χ0n) is 11.6. The molecule has 0 radical (unpaired) electrons. The van der Waals surface area contributed by atoms with Crippen molar-refractivity contribution in [3.8, 4) is 0 Å². The molecule has 4 nitrogen and oxygen atoms in total. The molecule has 1 rings (SSSR count). The lowest BCUT2D eigenvalue weighted by molar-refractivity contribution is 0.0135. The SMILES string of the molecule is CCNCc1cccc(COCCOC(C)C)n1. The number of pyridine rings is 1. The highest BCUT2D eigenvalue weighted by Gasteiger charge is 1.99. The van der Waals surface area contributed by atoms with Crippen molar-refractivity contribution in [2.24, 2.45) is 0 Å². The van der Waals surface area contributed by atoms with E-state index in [0.717, 1.165) is 24.5 Å². The molecule has 0 saturated carbocycles. The normalized spacial score (nSPS) is 11.1. The van der Waals surface area contributed by atoms with Crippen molar-refractivity contribution < 1.29 is 9.47 Å². The third-order valence-electron chi connectivity index (χ3n) is 2.35. The van der Waals surface area contributed by atoms with E-state index in [1.807, 2.05) is 32.0 Å². The fourth-order valence-corrected chi connectivity index (χ4v) is 1.48. The summed E-state index contributed by atoms with van der Waals surface area (Å²) in [5.74, 6) is 0. The Kier molecular flexibility index (Phi) is 7.57. The van der Waals surface area contributed by atoms with Gasteiger partial charge in [-0.05, 0) is 32.5 Å². The lowest BCUT2D eigenvalue weighted by atomic mass is 10.3. The second kappa shape index (κ2) is 9.03. The van der Waals surface area contributed by atoms with Crippen LogP contribution in [0.2, 0.25) is 0 Å². The minimum absolute atomic E-state index is 0.259. The Morgan fingerprint density at radius 1 is 1.22 bits per heavy atom. The van der Waals surface area contributed by atoms with Gasteiger partial charge in [0.2, 0.25) is 0 Å².